The maximum absolute atomic E-state index is 12.9. The summed E-state index contributed by atoms with van der Waals surface area (Å²) in [6, 6.07) is 11.2. The Labute approximate surface area is 161 Å². The van der Waals surface area contributed by atoms with E-state index in [-0.39, 0.29) is 20.7 Å². The number of benzene rings is 2. The van der Waals surface area contributed by atoms with Crippen LogP contribution >= 0.6 is 22.9 Å². The van der Waals surface area contributed by atoms with E-state index < -0.39 is 16.6 Å². The number of nitro groups is 1. The molecule has 2 aromatic carbocycles. The summed E-state index contributed by atoms with van der Waals surface area (Å²) in [7, 11) is 0. The van der Waals surface area contributed by atoms with E-state index in [1.54, 1.807) is 6.07 Å². The first-order chi connectivity index (χ1) is 12.9. The molecule has 1 aromatic heterocycles. The standard InChI is InChI=1S/C17H10ClFN4O3S/c18-14(9-10-2-1-3-13(8-10)23(25)26)16-21-22-17(27-16)15(24)20-12-6-4-11(19)5-7-12/h1-9H,(H,20,24)/b14-9-. The van der Waals surface area contributed by atoms with Crippen LogP contribution in [0.5, 0.6) is 0 Å². The van der Waals surface area contributed by atoms with Gasteiger partial charge in [0.2, 0.25) is 5.01 Å². The Morgan fingerprint density at radius 3 is 2.59 bits per heavy atom. The molecular weight excluding hydrogens is 395 g/mol. The lowest BCUT2D eigenvalue weighted by atomic mass is 10.2. The summed E-state index contributed by atoms with van der Waals surface area (Å²) < 4.78 is 12.9. The Kier molecular flexibility index (Phi) is 5.53. The van der Waals surface area contributed by atoms with Gasteiger partial charge in [-0.15, -0.1) is 10.2 Å². The van der Waals surface area contributed by atoms with Crippen molar-refractivity contribution in [1.82, 2.24) is 10.2 Å². The highest BCUT2D eigenvalue weighted by Crippen LogP contribution is 2.26. The van der Waals surface area contributed by atoms with Crippen molar-refractivity contribution in [2.24, 2.45) is 0 Å². The van der Waals surface area contributed by atoms with Gasteiger partial charge in [0.15, 0.2) is 5.01 Å². The molecule has 0 saturated heterocycles. The van der Waals surface area contributed by atoms with Crippen LogP contribution in [0, 0.1) is 15.9 Å². The average Bonchev–Trinajstić information content (AvgIpc) is 3.14. The Hall–Kier alpha value is -3.17. The average molecular weight is 405 g/mol. The Bertz CT molecular complexity index is 1040. The number of nitro benzene ring substituents is 1. The fourth-order valence-electron chi connectivity index (χ4n) is 2.07. The predicted molar refractivity (Wildman–Crippen MR) is 101 cm³/mol. The van der Waals surface area contributed by atoms with Gasteiger partial charge in [-0.2, -0.15) is 0 Å². The van der Waals surface area contributed by atoms with Crippen molar-refractivity contribution in [3.8, 4) is 0 Å². The van der Waals surface area contributed by atoms with Crippen molar-refractivity contribution in [2.75, 3.05) is 5.32 Å². The second kappa shape index (κ2) is 8.02. The van der Waals surface area contributed by atoms with E-state index in [9.17, 15) is 19.3 Å². The third-order valence-electron chi connectivity index (χ3n) is 3.30. The van der Waals surface area contributed by atoms with Crippen LogP contribution in [0.4, 0.5) is 15.8 Å². The molecule has 0 saturated carbocycles. The summed E-state index contributed by atoms with van der Waals surface area (Å²) in [6.07, 6.45) is 1.50. The molecule has 3 rings (SSSR count). The van der Waals surface area contributed by atoms with Gasteiger partial charge in [-0.05, 0) is 35.9 Å². The highest BCUT2D eigenvalue weighted by atomic mass is 35.5. The second-order valence-electron chi connectivity index (χ2n) is 5.22. The normalized spacial score (nSPS) is 11.3. The van der Waals surface area contributed by atoms with E-state index in [4.69, 9.17) is 11.6 Å². The lowest BCUT2D eigenvalue weighted by Crippen LogP contribution is -2.11. The molecule has 0 bridgehead atoms. The summed E-state index contributed by atoms with van der Waals surface area (Å²) in [4.78, 5) is 22.5. The highest BCUT2D eigenvalue weighted by molar-refractivity contribution is 7.15. The molecule has 0 aliphatic carbocycles. The first-order valence-electron chi connectivity index (χ1n) is 7.45. The summed E-state index contributed by atoms with van der Waals surface area (Å²) in [6.45, 7) is 0. The monoisotopic (exact) mass is 404 g/mol. The molecule has 0 radical (unpaired) electrons. The number of carbonyl (C=O) groups is 1. The molecule has 1 N–H and O–H groups in total. The van der Waals surface area contributed by atoms with Gasteiger partial charge in [0.1, 0.15) is 5.82 Å². The van der Waals surface area contributed by atoms with Crippen LogP contribution in [0.15, 0.2) is 48.5 Å². The van der Waals surface area contributed by atoms with Gasteiger partial charge < -0.3 is 5.32 Å². The minimum absolute atomic E-state index is 0.0650. The Balaban J connectivity index is 1.76. The zero-order valence-electron chi connectivity index (χ0n) is 13.4. The number of carbonyl (C=O) groups excluding carboxylic acids is 1. The Morgan fingerprint density at radius 2 is 1.89 bits per heavy atom. The number of aromatic nitrogens is 2. The summed E-state index contributed by atoms with van der Waals surface area (Å²) >= 11 is 7.15. The molecule has 0 atom stereocenters. The van der Waals surface area contributed by atoms with Gasteiger partial charge in [0.05, 0.1) is 9.96 Å². The van der Waals surface area contributed by atoms with E-state index in [0.29, 0.717) is 11.3 Å². The minimum Gasteiger partial charge on any atom is -0.320 e. The number of amides is 1. The number of hydrogen-bond donors (Lipinski definition) is 1. The van der Waals surface area contributed by atoms with Crippen LogP contribution in [0.2, 0.25) is 0 Å². The SMILES string of the molecule is O=C(Nc1ccc(F)cc1)c1nnc(/C(Cl)=C/c2cccc([N+](=O)[O-])c2)s1. The van der Waals surface area contributed by atoms with Gasteiger partial charge in [-0.1, -0.05) is 35.1 Å². The van der Waals surface area contributed by atoms with Gasteiger partial charge in [-0.25, -0.2) is 4.39 Å². The van der Waals surface area contributed by atoms with Crippen molar-refractivity contribution in [1.29, 1.82) is 0 Å². The first kappa shape index (κ1) is 18.6. The van der Waals surface area contributed by atoms with Crippen LogP contribution < -0.4 is 5.32 Å². The maximum Gasteiger partial charge on any atom is 0.286 e. The molecule has 10 heteroatoms. The van der Waals surface area contributed by atoms with E-state index in [0.717, 1.165) is 11.3 Å². The molecule has 7 nitrogen and oxygen atoms in total. The highest BCUT2D eigenvalue weighted by Gasteiger charge is 2.15. The summed E-state index contributed by atoms with van der Waals surface area (Å²) in [5.74, 6) is -0.922. The fourth-order valence-corrected chi connectivity index (χ4v) is 2.99. The predicted octanol–water partition coefficient (Wildman–Crippen LogP) is 4.57. The van der Waals surface area contributed by atoms with Crippen LogP contribution in [0.1, 0.15) is 20.4 Å². The largest absolute Gasteiger partial charge is 0.320 e. The first-order valence-corrected chi connectivity index (χ1v) is 8.64. The molecule has 0 aliphatic heterocycles. The van der Waals surface area contributed by atoms with Crippen molar-refractivity contribution in [2.45, 2.75) is 0 Å². The van der Waals surface area contributed by atoms with Crippen LogP contribution in [-0.2, 0) is 0 Å². The fraction of sp³-hybridized carbons (Fsp3) is 0. The van der Waals surface area contributed by atoms with Gasteiger partial charge in [0, 0.05) is 17.8 Å². The number of anilines is 1. The zero-order valence-corrected chi connectivity index (χ0v) is 15.0. The smallest absolute Gasteiger partial charge is 0.286 e. The third kappa shape index (κ3) is 4.72. The van der Waals surface area contributed by atoms with Crippen LogP contribution in [0.3, 0.4) is 0 Å². The number of nitrogens with one attached hydrogen (secondary N) is 1. The number of rotatable bonds is 5. The quantitative estimate of drug-likeness (QED) is 0.496. The number of nitrogens with zero attached hydrogens (tertiary/aromatic N) is 3. The van der Waals surface area contributed by atoms with Crippen molar-refractivity contribution < 1.29 is 14.1 Å². The Morgan fingerprint density at radius 1 is 1.19 bits per heavy atom. The van der Waals surface area contributed by atoms with E-state index in [2.05, 4.69) is 15.5 Å². The summed E-state index contributed by atoms with van der Waals surface area (Å²) in [5.41, 5.74) is 0.864. The van der Waals surface area contributed by atoms with Crippen molar-refractivity contribution in [3.05, 3.63) is 80.0 Å². The molecule has 27 heavy (non-hydrogen) atoms. The van der Waals surface area contributed by atoms with E-state index in [1.807, 2.05) is 0 Å². The number of halogens is 2. The minimum atomic E-state index is -0.509. The molecule has 1 heterocycles. The molecule has 0 unspecified atom stereocenters. The lowest BCUT2D eigenvalue weighted by molar-refractivity contribution is -0.384. The molecule has 1 amide bonds. The van der Waals surface area contributed by atoms with E-state index in [1.165, 1.54) is 48.5 Å². The molecule has 136 valence electrons. The number of non-ortho nitro benzene ring substituents is 1. The second-order valence-corrected chi connectivity index (χ2v) is 6.60. The number of hydrogen-bond acceptors (Lipinski definition) is 6. The molecule has 0 spiro atoms. The lowest BCUT2D eigenvalue weighted by Gasteiger charge is -2.01. The summed E-state index contributed by atoms with van der Waals surface area (Å²) in [5, 5.41) is 21.6. The van der Waals surface area contributed by atoms with Crippen LogP contribution in [-0.4, -0.2) is 21.0 Å². The van der Waals surface area contributed by atoms with Gasteiger partial charge in [-0.3, -0.25) is 14.9 Å². The molecular formula is C17H10ClFN4O3S. The van der Waals surface area contributed by atoms with Gasteiger partial charge in [0.25, 0.3) is 11.6 Å². The van der Waals surface area contributed by atoms with E-state index >= 15 is 0 Å². The maximum atomic E-state index is 12.9. The third-order valence-corrected chi connectivity index (χ3v) is 4.66. The molecule has 3 aromatic rings. The van der Waals surface area contributed by atoms with Crippen LogP contribution in [0.25, 0.3) is 11.1 Å². The van der Waals surface area contributed by atoms with Crippen molar-refractivity contribution in [3.63, 3.8) is 0 Å². The zero-order chi connectivity index (χ0) is 19.4. The van der Waals surface area contributed by atoms with Crippen molar-refractivity contribution >= 4 is 51.3 Å². The molecule has 0 fully saturated rings. The molecule has 0 aliphatic rings. The van der Waals surface area contributed by atoms with Gasteiger partial charge >= 0.3 is 0 Å². The topological polar surface area (TPSA) is 98.0 Å².